The summed E-state index contributed by atoms with van der Waals surface area (Å²) in [5, 5.41) is 11.2. The number of rotatable bonds is 2. The number of benzene rings is 3. The minimum atomic E-state index is 0.535. The lowest BCUT2D eigenvalue weighted by atomic mass is 9.99. The van der Waals surface area contributed by atoms with Crippen LogP contribution in [0.15, 0.2) is 60.7 Å². The second kappa shape index (κ2) is 5.36. The standard InChI is InChI=1S/C18H12ClN/c19-11-14-3-6-18-10-17(8-7-16(18)9-14)15-4-1-13(12-20)2-5-15/h1-10H,11H2. The fraction of sp³-hybridized carbons (Fsp3) is 0.0556. The second-order valence-corrected chi connectivity index (χ2v) is 4.99. The third kappa shape index (κ3) is 2.39. The van der Waals surface area contributed by atoms with Crippen molar-refractivity contribution < 1.29 is 0 Å². The van der Waals surface area contributed by atoms with Crippen LogP contribution >= 0.6 is 11.6 Å². The molecular weight excluding hydrogens is 266 g/mol. The Kier molecular flexibility index (Phi) is 3.41. The molecule has 3 aromatic carbocycles. The summed E-state index contributed by atoms with van der Waals surface area (Å²) in [4.78, 5) is 0. The molecule has 0 spiro atoms. The average Bonchev–Trinajstić information content (AvgIpc) is 2.54. The molecule has 0 N–H and O–H groups in total. The Labute approximate surface area is 123 Å². The van der Waals surface area contributed by atoms with E-state index < -0.39 is 0 Å². The summed E-state index contributed by atoms with van der Waals surface area (Å²) in [5.41, 5.74) is 4.08. The molecule has 3 aromatic rings. The van der Waals surface area contributed by atoms with Crippen LogP contribution in [0.25, 0.3) is 21.9 Å². The normalized spacial score (nSPS) is 10.4. The Morgan fingerprint density at radius 2 is 1.45 bits per heavy atom. The highest BCUT2D eigenvalue weighted by atomic mass is 35.5. The highest BCUT2D eigenvalue weighted by Gasteiger charge is 2.01. The van der Waals surface area contributed by atoms with Crippen molar-refractivity contribution >= 4 is 22.4 Å². The first kappa shape index (κ1) is 12.7. The molecule has 0 aliphatic heterocycles. The van der Waals surface area contributed by atoms with Gasteiger partial charge in [0.1, 0.15) is 0 Å². The Morgan fingerprint density at radius 3 is 2.15 bits per heavy atom. The van der Waals surface area contributed by atoms with Gasteiger partial charge in [0, 0.05) is 5.88 Å². The Morgan fingerprint density at radius 1 is 0.800 bits per heavy atom. The van der Waals surface area contributed by atoms with Crippen LogP contribution < -0.4 is 0 Å². The predicted octanol–water partition coefficient (Wildman–Crippen LogP) is 5.12. The van der Waals surface area contributed by atoms with Crippen LogP contribution in [0.2, 0.25) is 0 Å². The van der Waals surface area contributed by atoms with E-state index >= 15 is 0 Å². The topological polar surface area (TPSA) is 23.8 Å². The van der Waals surface area contributed by atoms with Gasteiger partial charge in [-0.2, -0.15) is 5.26 Å². The number of hydrogen-bond acceptors (Lipinski definition) is 1. The molecule has 1 nitrogen and oxygen atoms in total. The van der Waals surface area contributed by atoms with E-state index in [9.17, 15) is 0 Å². The lowest BCUT2D eigenvalue weighted by Crippen LogP contribution is -1.82. The van der Waals surface area contributed by atoms with Gasteiger partial charge in [0.25, 0.3) is 0 Å². The third-order valence-electron chi connectivity index (χ3n) is 3.41. The molecule has 0 heterocycles. The molecule has 0 amide bonds. The SMILES string of the molecule is N#Cc1ccc(-c2ccc3cc(CCl)ccc3c2)cc1. The lowest BCUT2D eigenvalue weighted by Gasteiger charge is -2.05. The van der Waals surface area contributed by atoms with Gasteiger partial charge >= 0.3 is 0 Å². The number of hydrogen-bond donors (Lipinski definition) is 0. The highest BCUT2D eigenvalue weighted by Crippen LogP contribution is 2.25. The number of fused-ring (bicyclic) bond motifs is 1. The fourth-order valence-corrected chi connectivity index (χ4v) is 2.46. The van der Waals surface area contributed by atoms with Gasteiger partial charge < -0.3 is 0 Å². The molecular formula is C18H12ClN. The van der Waals surface area contributed by atoms with Crippen LogP contribution in [0.4, 0.5) is 0 Å². The third-order valence-corrected chi connectivity index (χ3v) is 3.71. The van der Waals surface area contributed by atoms with E-state index in [-0.39, 0.29) is 0 Å². The first-order chi connectivity index (χ1) is 9.80. The van der Waals surface area contributed by atoms with Crippen LogP contribution in [0, 0.1) is 11.3 Å². The molecule has 20 heavy (non-hydrogen) atoms. The van der Waals surface area contributed by atoms with Gasteiger partial charge in [0.15, 0.2) is 0 Å². The Hall–Kier alpha value is -2.30. The van der Waals surface area contributed by atoms with Crippen LogP contribution in [-0.4, -0.2) is 0 Å². The van der Waals surface area contributed by atoms with Crippen molar-refractivity contribution in [2.24, 2.45) is 0 Å². The van der Waals surface area contributed by atoms with Gasteiger partial charge in [0.2, 0.25) is 0 Å². The molecule has 0 aliphatic rings. The summed E-state index contributed by atoms with van der Waals surface area (Å²) in [6, 6.07) is 22.4. The number of nitriles is 1. The van der Waals surface area contributed by atoms with Crippen molar-refractivity contribution in [2.45, 2.75) is 5.88 Å². The molecule has 2 heteroatoms. The maximum absolute atomic E-state index is 8.83. The van der Waals surface area contributed by atoms with E-state index in [2.05, 4.69) is 42.5 Å². The van der Waals surface area contributed by atoms with E-state index in [4.69, 9.17) is 16.9 Å². The van der Waals surface area contributed by atoms with Crippen LogP contribution in [-0.2, 0) is 5.88 Å². The zero-order chi connectivity index (χ0) is 13.9. The van der Waals surface area contributed by atoms with E-state index in [0.29, 0.717) is 11.4 Å². The van der Waals surface area contributed by atoms with Crippen molar-refractivity contribution in [1.29, 1.82) is 5.26 Å². The molecule has 0 bridgehead atoms. The Bertz CT molecular complexity index is 798. The van der Waals surface area contributed by atoms with Gasteiger partial charge in [-0.05, 0) is 51.7 Å². The van der Waals surface area contributed by atoms with Gasteiger partial charge in [0.05, 0.1) is 11.6 Å². The van der Waals surface area contributed by atoms with Crippen LogP contribution in [0.3, 0.4) is 0 Å². The number of nitrogens with zero attached hydrogens (tertiary/aromatic N) is 1. The van der Waals surface area contributed by atoms with Gasteiger partial charge in [-0.3, -0.25) is 0 Å². The predicted molar refractivity (Wildman–Crippen MR) is 83.7 cm³/mol. The maximum Gasteiger partial charge on any atom is 0.0991 e. The lowest BCUT2D eigenvalue weighted by molar-refractivity contribution is 1.43. The summed E-state index contributed by atoms with van der Waals surface area (Å²) in [6.07, 6.45) is 0. The van der Waals surface area contributed by atoms with Gasteiger partial charge in [-0.1, -0.05) is 36.4 Å². The summed E-state index contributed by atoms with van der Waals surface area (Å²) in [5.74, 6) is 0.535. The number of halogens is 1. The molecule has 0 atom stereocenters. The summed E-state index contributed by atoms with van der Waals surface area (Å²) >= 11 is 5.86. The highest BCUT2D eigenvalue weighted by molar-refractivity contribution is 6.17. The maximum atomic E-state index is 8.83. The molecule has 0 aliphatic carbocycles. The van der Waals surface area contributed by atoms with Crippen molar-refractivity contribution in [3.63, 3.8) is 0 Å². The molecule has 0 saturated heterocycles. The van der Waals surface area contributed by atoms with Crippen molar-refractivity contribution in [1.82, 2.24) is 0 Å². The van der Waals surface area contributed by atoms with Crippen molar-refractivity contribution in [3.8, 4) is 17.2 Å². The first-order valence-electron chi connectivity index (χ1n) is 6.39. The quantitative estimate of drug-likeness (QED) is 0.597. The second-order valence-electron chi connectivity index (χ2n) is 4.72. The minimum absolute atomic E-state index is 0.535. The van der Waals surface area contributed by atoms with Crippen LogP contribution in [0.5, 0.6) is 0 Å². The van der Waals surface area contributed by atoms with E-state index in [0.717, 1.165) is 16.7 Å². The van der Waals surface area contributed by atoms with Crippen LogP contribution in [0.1, 0.15) is 11.1 Å². The Balaban J connectivity index is 2.06. The first-order valence-corrected chi connectivity index (χ1v) is 6.93. The minimum Gasteiger partial charge on any atom is -0.192 e. The van der Waals surface area contributed by atoms with E-state index in [1.54, 1.807) is 0 Å². The summed E-state index contributed by atoms with van der Waals surface area (Å²) < 4.78 is 0. The summed E-state index contributed by atoms with van der Waals surface area (Å²) in [7, 11) is 0. The molecule has 96 valence electrons. The van der Waals surface area contributed by atoms with Crippen molar-refractivity contribution in [2.75, 3.05) is 0 Å². The molecule has 0 fully saturated rings. The number of alkyl halides is 1. The largest absolute Gasteiger partial charge is 0.192 e. The molecule has 3 rings (SSSR count). The molecule has 0 radical (unpaired) electrons. The monoisotopic (exact) mass is 277 g/mol. The van der Waals surface area contributed by atoms with E-state index in [1.807, 2.05) is 24.3 Å². The fourth-order valence-electron chi connectivity index (χ4n) is 2.30. The zero-order valence-electron chi connectivity index (χ0n) is 10.8. The smallest absolute Gasteiger partial charge is 0.0991 e. The average molecular weight is 278 g/mol. The molecule has 0 saturated carbocycles. The van der Waals surface area contributed by atoms with Gasteiger partial charge in [-0.25, -0.2) is 0 Å². The zero-order valence-corrected chi connectivity index (χ0v) is 11.6. The molecule has 0 aromatic heterocycles. The summed E-state index contributed by atoms with van der Waals surface area (Å²) in [6.45, 7) is 0. The van der Waals surface area contributed by atoms with Crippen molar-refractivity contribution in [3.05, 3.63) is 71.8 Å². The van der Waals surface area contributed by atoms with Gasteiger partial charge in [-0.15, -0.1) is 11.6 Å². The molecule has 0 unspecified atom stereocenters. The van der Waals surface area contributed by atoms with E-state index in [1.165, 1.54) is 10.8 Å².